The Labute approximate surface area is 140 Å². The highest BCUT2D eigenvalue weighted by molar-refractivity contribution is 9.10. The molecule has 0 saturated carbocycles. The van der Waals surface area contributed by atoms with Crippen LogP contribution in [0.5, 0.6) is 0 Å². The third-order valence-corrected chi connectivity index (χ3v) is 3.89. The Hall–Kier alpha value is -0.810. The van der Waals surface area contributed by atoms with Gasteiger partial charge in [0.25, 0.3) is 0 Å². The zero-order valence-electron chi connectivity index (χ0n) is 12.2. The number of aliphatic hydroxyl groups excluding tert-OH is 1. The van der Waals surface area contributed by atoms with E-state index in [2.05, 4.69) is 40.3 Å². The van der Waals surface area contributed by atoms with E-state index in [4.69, 9.17) is 9.52 Å². The molecule has 116 valence electrons. The van der Waals surface area contributed by atoms with Crippen LogP contribution in [0.3, 0.4) is 0 Å². The molecule has 5 heteroatoms. The first-order chi connectivity index (χ1) is 9.63. The molecule has 1 atom stereocenters. The van der Waals surface area contributed by atoms with Crippen LogP contribution in [0.1, 0.15) is 24.7 Å². The van der Waals surface area contributed by atoms with E-state index < -0.39 is 0 Å². The van der Waals surface area contributed by atoms with Gasteiger partial charge in [0.2, 0.25) is 0 Å². The van der Waals surface area contributed by atoms with Crippen molar-refractivity contribution in [3.63, 3.8) is 0 Å². The van der Waals surface area contributed by atoms with Crippen LogP contribution < -0.4 is 5.32 Å². The second-order valence-electron chi connectivity index (χ2n) is 4.89. The van der Waals surface area contributed by atoms with Crippen LogP contribution in [0.25, 0.3) is 11.3 Å². The van der Waals surface area contributed by atoms with Gasteiger partial charge in [-0.1, -0.05) is 22.9 Å². The number of furan rings is 1. The quantitative estimate of drug-likeness (QED) is 0.792. The van der Waals surface area contributed by atoms with E-state index in [9.17, 15) is 0 Å². The molecule has 2 aromatic rings. The maximum Gasteiger partial charge on any atom is 0.134 e. The number of hydrogen-bond acceptors (Lipinski definition) is 3. The zero-order chi connectivity index (χ0) is 14.5. The lowest BCUT2D eigenvalue weighted by atomic mass is 10.1. The SMILES string of the molecule is CCC(CO)NCc1ccc(-c2ccc(Br)cc2C)o1.Cl. The van der Waals surface area contributed by atoms with Crippen molar-refractivity contribution < 1.29 is 9.52 Å². The molecule has 0 fully saturated rings. The Balaban J connectivity index is 0.00000220. The number of hydrogen-bond donors (Lipinski definition) is 2. The second kappa shape index (κ2) is 8.59. The Morgan fingerprint density at radius 1 is 1.29 bits per heavy atom. The fraction of sp³-hybridized carbons (Fsp3) is 0.375. The first-order valence-corrected chi connectivity index (χ1v) is 7.62. The highest BCUT2D eigenvalue weighted by atomic mass is 79.9. The van der Waals surface area contributed by atoms with Gasteiger partial charge in [0, 0.05) is 16.1 Å². The van der Waals surface area contributed by atoms with Gasteiger partial charge in [-0.05, 0) is 49.2 Å². The van der Waals surface area contributed by atoms with E-state index in [1.165, 1.54) is 5.56 Å². The highest BCUT2D eigenvalue weighted by Crippen LogP contribution is 2.27. The molecule has 1 unspecified atom stereocenters. The van der Waals surface area contributed by atoms with Crippen LogP contribution in [0.2, 0.25) is 0 Å². The maximum atomic E-state index is 9.15. The van der Waals surface area contributed by atoms with Crippen LogP contribution in [-0.4, -0.2) is 17.8 Å². The normalized spacial score (nSPS) is 12.0. The molecule has 2 N–H and O–H groups in total. The Morgan fingerprint density at radius 3 is 2.67 bits per heavy atom. The van der Waals surface area contributed by atoms with Crippen LogP contribution in [0, 0.1) is 6.92 Å². The molecule has 0 amide bonds. The van der Waals surface area contributed by atoms with Crippen molar-refractivity contribution in [3.05, 3.63) is 46.1 Å². The third-order valence-electron chi connectivity index (χ3n) is 3.39. The molecule has 1 heterocycles. The number of nitrogens with one attached hydrogen (secondary N) is 1. The molecule has 0 spiro atoms. The number of aryl methyl sites for hydroxylation is 1. The van der Waals surface area contributed by atoms with Crippen molar-refractivity contribution >= 4 is 28.3 Å². The summed E-state index contributed by atoms with van der Waals surface area (Å²) >= 11 is 3.47. The summed E-state index contributed by atoms with van der Waals surface area (Å²) < 4.78 is 6.94. The molecule has 0 radical (unpaired) electrons. The lowest BCUT2D eigenvalue weighted by molar-refractivity contribution is 0.235. The minimum Gasteiger partial charge on any atom is -0.460 e. The van der Waals surface area contributed by atoms with Gasteiger partial charge in [0.15, 0.2) is 0 Å². The predicted molar refractivity (Wildman–Crippen MR) is 91.8 cm³/mol. The van der Waals surface area contributed by atoms with Gasteiger partial charge in [-0.2, -0.15) is 0 Å². The average Bonchev–Trinajstić information content (AvgIpc) is 2.88. The van der Waals surface area contributed by atoms with Crippen molar-refractivity contribution in [2.24, 2.45) is 0 Å². The second-order valence-corrected chi connectivity index (χ2v) is 5.81. The van der Waals surface area contributed by atoms with Crippen molar-refractivity contribution in [2.75, 3.05) is 6.61 Å². The fourth-order valence-electron chi connectivity index (χ4n) is 2.10. The molecule has 1 aromatic heterocycles. The summed E-state index contributed by atoms with van der Waals surface area (Å²) in [5.41, 5.74) is 2.28. The summed E-state index contributed by atoms with van der Waals surface area (Å²) in [7, 11) is 0. The Bertz CT molecular complexity index is 567. The molecular formula is C16H21BrClNO2. The standard InChI is InChI=1S/C16H20BrNO2.ClH/c1-3-13(10-19)18-9-14-5-7-16(20-14)15-6-4-12(17)8-11(15)2;/h4-8,13,18-19H,3,9-10H2,1-2H3;1H. The van der Waals surface area contributed by atoms with Crippen molar-refractivity contribution in [2.45, 2.75) is 32.9 Å². The smallest absolute Gasteiger partial charge is 0.134 e. The summed E-state index contributed by atoms with van der Waals surface area (Å²) in [6.45, 7) is 4.90. The number of aliphatic hydroxyl groups is 1. The number of benzene rings is 1. The summed E-state index contributed by atoms with van der Waals surface area (Å²) in [5.74, 6) is 1.76. The fourth-order valence-corrected chi connectivity index (χ4v) is 2.58. The van der Waals surface area contributed by atoms with E-state index in [-0.39, 0.29) is 25.1 Å². The molecular weight excluding hydrogens is 354 g/mol. The van der Waals surface area contributed by atoms with Gasteiger partial charge >= 0.3 is 0 Å². The van der Waals surface area contributed by atoms with Crippen LogP contribution in [0.15, 0.2) is 39.2 Å². The van der Waals surface area contributed by atoms with E-state index in [0.29, 0.717) is 6.54 Å². The van der Waals surface area contributed by atoms with Crippen molar-refractivity contribution in [3.8, 4) is 11.3 Å². The maximum absolute atomic E-state index is 9.15. The minimum absolute atomic E-state index is 0. The van der Waals surface area contributed by atoms with E-state index >= 15 is 0 Å². The van der Waals surface area contributed by atoms with Crippen LogP contribution >= 0.6 is 28.3 Å². The molecule has 0 saturated heterocycles. The molecule has 0 bridgehead atoms. The van der Waals surface area contributed by atoms with Gasteiger partial charge in [-0.15, -0.1) is 12.4 Å². The molecule has 3 nitrogen and oxygen atoms in total. The van der Waals surface area contributed by atoms with E-state index in [1.807, 2.05) is 25.1 Å². The van der Waals surface area contributed by atoms with Crippen molar-refractivity contribution in [1.82, 2.24) is 5.32 Å². The monoisotopic (exact) mass is 373 g/mol. The summed E-state index contributed by atoms with van der Waals surface area (Å²) in [5, 5.41) is 12.4. The summed E-state index contributed by atoms with van der Waals surface area (Å²) in [6.07, 6.45) is 0.899. The molecule has 2 rings (SSSR count). The third kappa shape index (κ3) is 4.85. The lowest BCUT2D eigenvalue weighted by Gasteiger charge is -2.12. The average molecular weight is 375 g/mol. The minimum atomic E-state index is 0. The summed E-state index contributed by atoms with van der Waals surface area (Å²) in [6, 6.07) is 10.2. The first-order valence-electron chi connectivity index (χ1n) is 6.83. The summed E-state index contributed by atoms with van der Waals surface area (Å²) in [4.78, 5) is 0. The van der Waals surface area contributed by atoms with Gasteiger partial charge in [0.05, 0.1) is 13.2 Å². The molecule has 0 aliphatic rings. The van der Waals surface area contributed by atoms with Crippen LogP contribution in [0.4, 0.5) is 0 Å². The molecule has 0 aliphatic heterocycles. The molecule has 0 aliphatic carbocycles. The first kappa shape index (κ1) is 18.2. The van der Waals surface area contributed by atoms with Gasteiger partial charge in [-0.25, -0.2) is 0 Å². The topological polar surface area (TPSA) is 45.4 Å². The van der Waals surface area contributed by atoms with Gasteiger partial charge in [0.1, 0.15) is 11.5 Å². The van der Waals surface area contributed by atoms with E-state index in [1.54, 1.807) is 0 Å². The van der Waals surface area contributed by atoms with Crippen LogP contribution in [-0.2, 0) is 6.54 Å². The van der Waals surface area contributed by atoms with E-state index in [0.717, 1.165) is 28.0 Å². The number of rotatable bonds is 6. The molecule has 21 heavy (non-hydrogen) atoms. The highest BCUT2D eigenvalue weighted by Gasteiger charge is 2.09. The Morgan fingerprint density at radius 2 is 2.05 bits per heavy atom. The van der Waals surface area contributed by atoms with Gasteiger partial charge in [-0.3, -0.25) is 0 Å². The Kier molecular flexibility index (Phi) is 7.46. The molecule has 1 aromatic carbocycles. The predicted octanol–water partition coefficient (Wildman–Crippen LogP) is 4.30. The number of halogens is 2. The lowest BCUT2D eigenvalue weighted by Crippen LogP contribution is -2.30. The van der Waals surface area contributed by atoms with Gasteiger partial charge < -0.3 is 14.8 Å². The van der Waals surface area contributed by atoms with Crippen molar-refractivity contribution in [1.29, 1.82) is 0 Å². The largest absolute Gasteiger partial charge is 0.460 e. The zero-order valence-corrected chi connectivity index (χ0v) is 14.6.